The van der Waals surface area contributed by atoms with Crippen molar-refractivity contribution in [1.82, 2.24) is 10.3 Å². The average Bonchev–Trinajstić information content (AvgIpc) is 2.76. The van der Waals surface area contributed by atoms with Crippen LogP contribution in [0.4, 0.5) is 0 Å². The van der Waals surface area contributed by atoms with Crippen LogP contribution in [0.3, 0.4) is 0 Å². The summed E-state index contributed by atoms with van der Waals surface area (Å²) in [6.07, 6.45) is 7.33. The highest BCUT2D eigenvalue weighted by Crippen LogP contribution is 2.13. The zero-order valence-electron chi connectivity index (χ0n) is 11.5. The molecule has 1 N–H and O–H groups in total. The van der Waals surface area contributed by atoms with Gasteiger partial charge in [-0.05, 0) is 31.8 Å². The van der Waals surface area contributed by atoms with E-state index in [2.05, 4.69) is 31.1 Å². The molecule has 3 heteroatoms. The molecule has 1 heterocycles. The first-order valence-electron chi connectivity index (χ1n) is 6.90. The molecule has 0 saturated heterocycles. The van der Waals surface area contributed by atoms with Crippen LogP contribution in [-0.2, 0) is 12.8 Å². The molecule has 0 fully saturated rings. The maximum absolute atomic E-state index is 5.72. The molecule has 0 saturated carbocycles. The van der Waals surface area contributed by atoms with Gasteiger partial charge in [0, 0.05) is 12.8 Å². The second kappa shape index (κ2) is 8.29. The highest BCUT2D eigenvalue weighted by Gasteiger charge is 2.07. The Bertz CT molecular complexity index is 296. The number of oxazole rings is 1. The van der Waals surface area contributed by atoms with Crippen LogP contribution in [0.15, 0.2) is 10.6 Å². The average molecular weight is 238 g/mol. The number of aryl methyl sites for hydroxylation is 1. The van der Waals surface area contributed by atoms with E-state index in [4.69, 9.17) is 4.42 Å². The summed E-state index contributed by atoms with van der Waals surface area (Å²) in [5.74, 6) is 2.61. The third kappa shape index (κ3) is 5.87. The van der Waals surface area contributed by atoms with Crippen molar-refractivity contribution >= 4 is 0 Å². The summed E-state index contributed by atoms with van der Waals surface area (Å²) in [7, 11) is 0. The lowest BCUT2D eigenvalue weighted by Gasteiger charge is -2.04. The summed E-state index contributed by atoms with van der Waals surface area (Å²) in [6.45, 7) is 8.79. The van der Waals surface area contributed by atoms with Crippen LogP contribution in [0.5, 0.6) is 0 Å². The summed E-state index contributed by atoms with van der Waals surface area (Å²) in [6, 6.07) is 0. The molecule has 1 rings (SSSR count). The quantitative estimate of drug-likeness (QED) is 0.671. The van der Waals surface area contributed by atoms with Crippen molar-refractivity contribution in [1.29, 1.82) is 0 Å². The molecule has 0 spiro atoms. The topological polar surface area (TPSA) is 38.1 Å². The van der Waals surface area contributed by atoms with E-state index < -0.39 is 0 Å². The molecule has 1 aromatic heterocycles. The predicted molar refractivity (Wildman–Crippen MR) is 71.1 cm³/mol. The first-order chi connectivity index (χ1) is 8.26. The van der Waals surface area contributed by atoms with Gasteiger partial charge >= 0.3 is 0 Å². The SMILES string of the molecule is CCCNCCCc1ncc(CC(C)CC)o1. The van der Waals surface area contributed by atoms with Crippen molar-refractivity contribution in [2.24, 2.45) is 5.92 Å². The number of nitrogens with zero attached hydrogens (tertiary/aromatic N) is 1. The first-order valence-corrected chi connectivity index (χ1v) is 6.90. The Morgan fingerprint density at radius 1 is 1.35 bits per heavy atom. The highest BCUT2D eigenvalue weighted by molar-refractivity contribution is 4.95. The highest BCUT2D eigenvalue weighted by atomic mass is 16.4. The molecule has 98 valence electrons. The first kappa shape index (κ1) is 14.2. The number of nitrogens with one attached hydrogen (secondary N) is 1. The van der Waals surface area contributed by atoms with Crippen molar-refractivity contribution in [3.05, 3.63) is 17.8 Å². The Morgan fingerprint density at radius 2 is 2.18 bits per heavy atom. The molecule has 17 heavy (non-hydrogen) atoms. The lowest BCUT2D eigenvalue weighted by atomic mass is 10.0. The molecule has 0 aliphatic carbocycles. The van der Waals surface area contributed by atoms with Crippen molar-refractivity contribution in [2.45, 2.75) is 52.9 Å². The minimum Gasteiger partial charge on any atom is -0.446 e. The van der Waals surface area contributed by atoms with Gasteiger partial charge in [0.15, 0.2) is 5.89 Å². The van der Waals surface area contributed by atoms with Crippen LogP contribution < -0.4 is 5.32 Å². The fourth-order valence-corrected chi connectivity index (χ4v) is 1.71. The summed E-state index contributed by atoms with van der Waals surface area (Å²) < 4.78 is 5.72. The Balaban J connectivity index is 2.21. The number of hydrogen-bond donors (Lipinski definition) is 1. The van der Waals surface area contributed by atoms with Crippen molar-refractivity contribution in [2.75, 3.05) is 13.1 Å². The minimum atomic E-state index is 0.682. The van der Waals surface area contributed by atoms with E-state index >= 15 is 0 Å². The molecule has 0 aromatic carbocycles. The van der Waals surface area contributed by atoms with Gasteiger partial charge in [0.05, 0.1) is 6.20 Å². The second-order valence-corrected chi connectivity index (χ2v) is 4.79. The van der Waals surface area contributed by atoms with Crippen LogP contribution in [0.1, 0.15) is 51.7 Å². The lowest BCUT2D eigenvalue weighted by Crippen LogP contribution is -2.16. The van der Waals surface area contributed by atoms with E-state index in [9.17, 15) is 0 Å². The van der Waals surface area contributed by atoms with E-state index in [1.807, 2.05) is 6.20 Å². The normalized spacial score (nSPS) is 12.9. The van der Waals surface area contributed by atoms with Gasteiger partial charge in [-0.1, -0.05) is 27.2 Å². The van der Waals surface area contributed by atoms with E-state index in [1.54, 1.807) is 0 Å². The largest absolute Gasteiger partial charge is 0.446 e. The van der Waals surface area contributed by atoms with E-state index in [1.165, 1.54) is 12.8 Å². The van der Waals surface area contributed by atoms with Gasteiger partial charge in [0.1, 0.15) is 5.76 Å². The molecule has 1 aromatic rings. The van der Waals surface area contributed by atoms with Crippen molar-refractivity contribution < 1.29 is 4.42 Å². The Morgan fingerprint density at radius 3 is 2.88 bits per heavy atom. The smallest absolute Gasteiger partial charge is 0.194 e. The Labute approximate surface area is 105 Å². The third-order valence-corrected chi connectivity index (χ3v) is 3.02. The molecular weight excluding hydrogens is 212 g/mol. The molecule has 1 unspecified atom stereocenters. The van der Waals surface area contributed by atoms with Gasteiger partial charge in [-0.25, -0.2) is 4.98 Å². The van der Waals surface area contributed by atoms with E-state index in [0.29, 0.717) is 5.92 Å². The van der Waals surface area contributed by atoms with Crippen molar-refractivity contribution in [3.8, 4) is 0 Å². The molecule has 0 aliphatic heterocycles. The summed E-state index contributed by atoms with van der Waals surface area (Å²) in [4.78, 5) is 4.33. The second-order valence-electron chi connectivity index (χ2n) is 4.79. The van der Waals surface area contributed by atoms with Gasteiger partial charge < -0.3 is 9.73 Å². The molecule has 0 radical (unpaired) electrons. The number of hydrogen-bond acceptors (Lipinski definition) is 3. The zero-order chi connectivity index (χ0) is 12.5. The Kier molecular flexibility index (Phi) is 6.94. The number of rotatable bonds is 9. The summed E-state index contributed by atoms with van der Waals surface area (Å²) in [5.41, 5.74) is 0. The lowest BCUT2D eigenvalue weighted by molar-refractivity contribution is 0.414. The van der Waals surface area contributed by atoms with Crippen LogP contribution in [-0.4, -0.2) is 18.1 Å². The van der Waals surface area contributed by atoms with Crippen molar-refractivity contribution in [3.63, 3.8) is 0 Å². The fraction of sp³-hybridized carbons (Fsp3) is 0.786. The number of aromatic nitrogens is 1. The van der Waals surface area contributed by atoms with Gasteiger partial charge in [-0.15, -0.1) is 0 Å². The van der Waals surface area contributed by atoms with Gasteiger partial charge in [-0.2, -0.15) is 0 Å². The maximum Gasteiger partial charge on any atom is 0.194 e. The van der Waals surface area contributed by atoms with Gasteiger partial charge in [0.2, 0.25) is 0 Å². The van der Waals surface area contributed by atoms with Crippen LogP contribution in [0.25, 0.3) is 0 Å². The third-order valence-electron chi connectivity index (χ3n) is 3.02. The van der Waals surface area contributed by atoms with Gasteiger partial charge in [-0.3, -0.25) is 0 Å². The van der Waals surface area contributed by atoms with Crippen LogP contribution >= 0.6 is 0 Å². The Hall–Kier alpha value is -0.830. The molecule has 0 bridgehead atoms. The van der Waals surface area contributed by atoms with Crippen LogP contribution in [0, 0.1) is 5.92 Å². The minimum absolute atomic E-state index is 0.682. The van der Waals surface area contributed by atoms with E-state index in [-0.39, 0.29) is 0 Å². The molecule has 0 aliphatic rings. The van der Waals surface area contributed by atoms with Gasteiger partial charge in [0.25, 0.3) is 0 Å². The fourth-order valence-electron chi connectivity index (χ4n) is 1.71. The maximum atomic E-state index is 5.72. The molecular formula is C14H26N2O. The zero-order valence-corrected chi connectivity index (χ0v) is 11.5. The monoisotopic (exact) mass is 238 g/mol. The predicted octanol–water partition coefficient (Wildman–Crippen LogP) is 3.20. The summed E-state index contributed by atoms with van der Waals surface area (Å²) >= 11 is 0. The summed E-state index contributed by atoms with van der Waals surface area (Å²) in [5, 5.41) is 3.38. The van der Waals surface area contributed by atoms with E-state index in [0.717, 1.165) is 44.0 Å². The molecule has 0 amide bonds. The molecule has 3 nitrogen and oxygen atoms in total. The standard InChI is InChI=1S/C14H26N2O/c1-4-8-15-9-6-7-14-16-11-13(17-14)10-12(3)5-2/h11-12,15H,4-10H2,1-3H3. The van der Waals surface area contributed by atoms with Crippen LogP contribution in [0.2, 0.25) is 0 Å². The molecule has 1 atom stereocenters.